The number of benzene rings is 1. The third-order valence-corrected chi connectivity index (χ3v) is 6.84. The minimum absolute atomic E-state index is 0.157. The van der Waals surface area contributed by atoms with Crippen LogP contribution in [0.1, 0.15) is 39.2 Å². The van der Waals surface area contributed by atoms with Crippen molar-refractivity contribution >= 4 is 28.3 Å². The summed E-state index contributed by atoms with van der Waals surface area (Å²) in [4.78, 5) is 29.2. The predicted octanol–water partition coefficient (Wildman–Crippen LogP) is 4.47. The summed E-state index contributed by atoms with van der Waals surface area (Å²) in [6.07, 6.45) is 4.88. The van der Waals surface area contributed by atoms with Gasteiger partial charge in [0.25, 0.3) is 0 Å². The van der Waals surface area contributed by atoms with Crippen LogP contribution in [0.5, 0.6) is 0 Å². The lowest BCUT2D eigenvalue weighted by Crippen LogP contribution is -2.53. The van der Waals surface area contributed by atoms with E-state index in [1.54, 1.807) is 22.2 Å². The maximum Gasteiger partial charge on any atom is 0.410 e. The molecule has 3 aromatic heterocycles. The molecular weight excluding hydrogens is 488 g/mol. The van der Waals surface area contributed by atoms with Gasteiger partial charge < -0.3 is 9.64 Å². The number of ether oxygens (including phenoxy) is 1. The number of piperidine rings is 1. The molecule has 1 amide bonds. The molecule has 0 spiro atoms. The Morgan fingerprint density at radius 1 is 1.30 bits per heavy atom. The predicted molar refractivity (Wildman–Crippen MR) is 142 cm³/mol. The number of imidazole rings is 1. The van der Waals surface area contributed by atoms with E-state index < -0.39 is 5.60 Å². The van der Waals surface area contributed by atoms with Gasteiger partial charge in [-0.1, -0.05) is 12.1 Å². The number of thiazole rings is 1. The summed E-state index contributed by atoms with van der Waals surface area (Å²) < 4.78 is 7.53. The Balaban J connectivity index is 1.46. The number of carbonyl (C=O) groups is 1. The van der Waals surface area contributed by atoms with Crippen LogP contribution in [0.2, 0.25) is 0 Å². The van der Waals surface area contributed by atoms with Crippen LogP contribution in [0.15, 0.2) is 48.1 Å². The van der Waals surface area contributed by atoms with E-state index in [2.05, 4.69) is 11.1 Å². The lowest BCUT2D eigenvalue weighted by atomic mass is 10.1. The molecule has 11 heteroatoms. The first-order valence-corrected chi connectivity index (χ1v) is 12.9. The summed E-state index contributed by atoms with van der Waals surface area (Å²) in [5, 5.41) is 12.9. The van der Waals surface area contributed by atoms with Crippen molar-refractivity contribution in [3.05, 3.63) is 53.7 Å². The highest BCUT2D eigenvalue weighted by Gasteiger charge is 2.31. The normalized spacial score (nSPS) is 16.0. The monoisotopic (exact) mass is 516 g/mol. The van der Waals surface area contributed by atoms with Crippen molar-refractivity contribution < 1.29 is 9.53 Å². The lowest BCUT2D eigenvalue weighted by molar-refractivity contribution is 0.0197. The van der Waals surface area contributed by atoms with Crippen molar-refractivity contribution in [2.75, 3.05) is 18.1 Å². The fourth-order valence-electron chi connectivity index (χ4n) is 4.41. The van der Waals surface area contributed by atoms with E-state index in [-0.39, 0.29) is 12.1 Å². The average molecular weight is 517 g/mol. The molecule has 1 aromatic carbocycles. The Bertz CT molecular complexity index is 1480. The lowest BCUT2D eigenvalue weighted by Gasteiger charge is -2.37. The van der Waals surface area contributed by atoms with Crippen molar-refractivity contribution in [3.8, 4) is 28.7 Å². The molecule has 10 nitrogen and oxygen atoms in total. The molecule has 1 atom stereocenters. The van der Waals surface area contributed by atoms with Crippen LogP contribution in [0.4, 0.5) is 10.7 Å². The highest BCUT2D eigenvalue weighted by Crippen LogP contribution is 2.34. The number of nitrogens with zero attached hydrogens (tertiary/aromatic N) is 7. The van der Waals surface area contributed by atoms with Crippen LogP contribution in [0, 0.1) is 11.3 Å². The molecule has 5 rings (SSSR count). The Morgan fingerprint density at radius 3 is 2.92 bits per heavy atom. The van der Waals surface area contributed by atoms with E-state index in [4.69, 9.17) is 20.5 Å². The standard InChI is InChI=1S/C26H28N8O2S/c1-26(2,3)36-25(35)32-11-5-8-19(16-32)34(28)23-29-10-9-20(30-23)22-21(31-24-33(22)12-13-37-24)18-7-4-6-17(14-18)15-27/h4,6-7,9-10,12-14,19H,5,8,11,16,28H2,1-3H3/t19-/m1/s1. The number of carbonyl (C=O) groups excluding carboxylic acids is 1. The topological polar surface area (TPSA) is 126 Å². The molecule has 0 radical (unpaired) electrons. The van der Waals surface area contributed by atoms with Gasteiger partial charge in [-0.05, 0) is 51.8 Å². The highest BCUT2D eigenvalue weighted by molar-refractivity contribution is 7.15. The minimum atomic E-state index is -0.563. The van der Waals surface area contributed by atoms with Crippen LogP contribution in [-0.4, -0.2) is 55.1 Å². The summed E-state index contributed by atoms with van der Waals surface area (Å²) in [6.45, 7) is 6.61. The summed E-state index contributed by atoms with van der Waals surface area (Å²) in [5.74, 6) is 6.89. The van der Waals surface area contributed by atoms with Gasteiger partial charge in [0.15, 0.2) is 4.96 Å². The number of nitrogens with two attached hydrogens (primary N) is 1. The molecule has 1 saturated heterocycles. The summed E-state index contributed by atoms with van der Waals surface area (Å²) >= 11 is 1.52. The fraction of sp³-hybridized carbons (Fsp3) is 0.346. The fourth-order valence-corrected chi connectivity index (χ4v) is 5.12. The van der Waals surface area contributed by atoms with E-state index in [9.17, 15) is 10.1 Å². The van der Waals surface area contributed by atoms with Gasteiger partial charge in [-0.2, -0.15) is 5.26 Å². The number of rotatable bonds is 4. The maximum absolute atomic E-state index is 12.6. The third-order valence-electron chi connectivity index (χ3n) is 6.09. The first-order valence-electron chi connectivity index (χ1n) is 12.0. The summed E-state index contributed by atoms with van der Waals surface area (Å²) in [5.41, 5.74) is 3.00. The first-order chi connectivity index (χ1) is 17.7. The Hall–Kier alpha value is -4.01. The van der Waals surface area contributed by atoms with Crippen LogP contribution in [-0.2, 0) is 4.74 Å². The zero-order valence-electron chi connectivity index (χ0n) is 21.0. The van der Waals surface area contributed by atoms with Gasteiger partial charge in [-0.25, -0.2) is 25.6 Å². The Labute approximate surface area is 218 Å². The van der Waals surface area contributed by atoms with Crippen LogP contribution < -0.4 is 10.9 Å². The molecule has 1 aliphatic rings. The number of hydrogen-bond acceptors (Lipinski definition) is 9. The Morgan fingerprint density at radius 2 is 2.14 bits per heavy atom. The van der Waals surface area contributed by atoms with Gasteiger partial charge in [0, 0.05) is 36.4 Å². The number of amides is 1. The highest BCUT2D eigenvalue weighted by atomic mass is 32.1. The van der Waals surface area contributed by atoms with Crippen molar-refractivity contribution in [3.63, 3.8) is 0 Å². The van der Waals surface area contributed by atoms with Gasteiger partial charge in [0.1, 0.15) is 11.3 Å². The van der Waals surface area contributed by atoms with Gasteiger partial charge in [0.2, 0.25) is 5.95 Å². The summed E-state index contributed by atoms with van der Waals surface area (Å²) in [6, 6.07) is 11.2. The molecular formula is C26H28N8O2S. The van der Waals surface area contributed by atoms with Crippen molar-refractivity contribution in [2.24, 2.45) is 5.84 Å². The zero-order valence-corrected chi connectivity index (χ0v) is 21.8. The van der Waals surface area contributed by atoms with E-state index in [0.29, 0.717) is 30.3 Å². The molecule has 1 fully saturated rings. The average Bonchev–Trinajstić information content (AvgIpc) is 3.49. The van der Waals surface area contributed by atoms with Crippen LogP contribution >= 0.6 is 11.3 Å². The number of fused-ring (bicyclic) bond motifs is 1. The van der Waals surface area contributed by atoms with Gasteiger partial charge in [-0.15, -0.1) is 11.3 Å². The molecule has 0 unspecified atom stereocenters. The van der Waals surface area contributed by atoms with Crippen LogP contribution in [0.3, 0.4) is 0 Å². The third kappa shape index (κ3) is 5.12. The molecule has 1 aliphatic heterocycles. The largest absolute Gasteiger partial charge is 0.444 e. The van der Waals surface area contributed by atoms with Crippen LogP contribution in [0.25, 0.3) is 27.6 Å². The van der Waals surface area contributed by atoms with Gasteiger partial charge >= 0.3 is 6.09 Å². The van der Waals surface area contributed by atoms with Crippen molar-refractivity contribution in [1.82, 2.24) is 24.3 Å². The maximum atomic E-state index is 12.6. The second kappa shape index (κ2) is 9.80. The number of hydrazine groups is 1. The number of anilines is 1. The molecule has 2 N–H and O–H groups in total. The molecule has 0 saturated carbocycles. The molecule has 4 aromatic rings. The van der Waals surface area contributed by atoms with Crippen molar-refractivity contribution in [1.29, 1.82) is 5.26 Å². The second-order valence-corrected chi connectivity index (χ2v) is 10.8. The molecule has 0 aliphatic carbocycles. The van der Waals surface area contributed by atoms with Gasteiger partial charge in [-0.3, -0.25) is 9.41 Å². The first kappa shape index (κ1) is 24.7. The van der Waals surface area contributed by atoms with Crippen molar-refractivity contribution in [2.45, 2.75) is 45.3 Å². The molecule has 190 valence electrons. The van der Waals surface area contributed by atoms with E-state index in [1.807, 2.05) is 61.0 Å². The number of likely N-dealkylation sites (tertiary alicyclic amines) is 1. The van der Waals surface area contributed by atoms with E-state index in [1.165, 1.54) is 11.3 Å². The molecule has 0 bridgehead atoms. The number of nitriles is 1. The van der Waals surface area contributed by atoms with E-state index in [0.717, 1.165) is 34.8 Å². The number of hydrogen-bond donors (Lipinski definition) is 1. The second-order valence-electron chi connectivity index (χ2n) is 9.93. The Kier molecular flexibility index (Phi) is 6.54. The minimum Gasteiger partial charge on any atom is -0.444 e. The quantitative estimate of drug-likeness (QED) is 0.311. The van der Waals surface area contributed by atoms with Gasteiger partial charge in [0.05, 0.1) is 29.1 Å². The smallest absolute Gasteiger partial charge is 0.410 e. The number of aromatic nitrogens is 4. The zero-order chi connectivity index (χ0) is 26.2. The summed E-state index contributed by atoms with van der Waals surface area (Å²) in [7, 11) is 0. The van der Waals surface area contributed by atoms with E-state index >= 15 is 0 Å². The molecule has 37 heavy (non-hydrogen) atoms. The molecule has 4 heterocycles. The SMILES string of the molecule is CC(C)(C)OC(=O)N1CCC[C@@H](N(N)c2nccc(-c3c(-c4cccc(C#N)c4)nc4sccn34)n2)C1.